The Morgan fingerprint density at radius 3 is 2.80 bits per heavy atom. The number of non-ortho nitro benzene ring substituents is 1. The van der Waals surface area contributed by atoms with Crippen LogP contribution in [0.2, 0.25) is 0 Å². The van der Waals surface area contributed by atoms with Crippen molar-refractivity contribution in [3.8, 4) is 6.07 Å². The molecule has 72 valence electrons. The van der Waals surface area contributed by atoms with Crippen LogP contribution < -0.4 is 0 Å². The molecule has 5 heteroatoms. The highest BCUT2D eigenvalue weighted by Crippen LogP contribution is 2.23. The Balaban J connectivity index is 2.79. The number of hydrogen-bond acceptors (Lipinski definition) is 4. The summed E-state index contributed by atoms with van der Waals surface area (Å²) in [5.41, 5.74) is 0.718. The Morgan fingerprint density at radius 2 is 2.13 bits per heavy atom. The number of hydrogen-bond donors (Lipinski definition) is 0. The van der Waals surface area contributed by atoms with Gasteiger partial charge in [-0.15, -0.1) is 0 Å². The summed E-state index contributed by atoms with van der Waals surface area (Å²) in [5, 5.41) is 19.8. The zero-order valence-electron chi connectivity index (χ0n) is 7.54. The molecule has 1 aromatic carbocycles. The SMILES string of the molecule is N#Cc1ccc2c([N+](=O)[O-])cccc2n1. The van der Waals surface area contributed by atoms with Crippen LogP contribution in [0.15, 0.2) is 30.3 Å². The number of nitriles is 1. The summed E-state index contributed by atoms with van der Waals surface area (Å²) in [5.74, 6) is 0. The highest BCUT2D eigenvalue weighted by molar-refractivity contribution is 5.88. The number of rotatable bonds is 1. The second-order valence-corrected chi connectivity index (χ2v) is 2.91. The third kappa shape index (κ3) is 1.48. The van der Waals surface area contributed by atoms with E-state index in [4.69, 9.17) is 5.26 Å². The highest BCUT2D eigenvalue weighted by atomic mass is 16.6. The van der Waals surface area contributed by atoms with Crippen LogP contribution in [0.25, 0.3) is 10.9 Å². The van der Waals surface area contributed by atoms with Gasteiger partial charge in [-0.2, -0.15) is 5.26 Å². The third-order valence-corrected chi connectivity index (χ3v) is 2.02. The summed E-state index contributed by atoms with van der Waals surface area (Å²) in [6.45, 7) is 0. The van der Waals surface area contributed by atoms with Crippen molar-refractivity contribution in [2.75, 3.05) is 0 Å². The van der Waals surface area contributed by atoms with Crippen molar-refractivity contribution in [1.29, 1.82) is 5.26 Å². The molecule has 0 saturated heterocycles. The number of nitrogens with zero attached hydrogens (tertiary/aromatic N) is 3. The van der Waals surface area contributed by atoms with Gasteiger partial charge in [-0.3, -0.25) is 10.1 Å². The largest absolute Gasteiger partial charge is 0.278 e. The van der Waals surface area contributed by atoms with Crippen LogP contribution in [0.3, 0.4) is 0 Å². The average molecular weight is 199 g/mol. The van der Waals surface area contributed by atoms with Crippen LogP contribution in [0.4, 0.5) is 5.69 Å². The zero-order valence-corrected chi connectivity index (χ0v) is 7.54. The molecule has 2 aromatic rings. The van der Waals surface area contributed by atoms with Crippen molar-refractivity contribution in [1.82, 2.24) is 4.98 Å². The van der Waals surface area contributed by atoms with E-state index in [2.05, 4.69) is 4.98 Å². The second kappa shape index (κ2) is 3.35. The van der Waals surface area contributed by atoms with Gasteiger partial charge in [-0.05, 0) is 18.2 Å². The van der Waals surface area contributed by atoms with Crippen LogP contribution >= 0.6 is 0 Å². The maximum absolute atomic E-state index is 10.7. The molecule has 0 unspecified atom stereocenters. The Morgan fingerprint density at radius 1 is 1.33 bits per heavy atom. The normalized spacial score (nSPS) is 9.80. The monoisotopic (exact) mass is 199 g/mol. The van der Waals surface area contributed by atoms with Crippen molar-refractivity contribution in [3.63, 3.8) is 0 Å². The molecule has 0 aliphatic carbocycles. The number of fused-ring (bicyclic) bond motifs is 1. The molecule has 0 aliphatic rings. The van der Waals surface area contributed by atoms with Crippen molar-refractivity contribution < 1.29 is 4.92 Å². The first-order valence-electron chi connectivity index (χ1n) is 4.16. The maximum atomic E-state index is 10.7. The van der Waals surface area contributed by atoms with Crippen LogP contribution in [-0.2, 0) is 0 Å². The molecule has 0 saturated carbocycles. The van der Waals surface area contributed by atoms with E-state index in [1.54, 1.807) is 18.2 Å². The Kier molecular flexibility index (Phi) is 2.03. The molecule has 1 aromatic heterocycles. The van der Waals surface area contributed by atoms with E-state index >= 15 is 0 Å². The lowest BCUT2D eigenvalue weighted by molar-refractivity contribution is -0.383. The fourth-order valence-corrected chi connectivity index (χ4v) is 1.36. The summed E-state index contributed by atoms with van der Waals surface area (Å²) >= 11 is 0. The lowest BCUT2D eigenvalue weighted by Crippen LogP contribution is -1.91. The van der Waals surface area contributed by atoms with Crippen molar-refractivity contribution in [2.45, 2.75) is 0 Å². The van der Waals surface area contributed by atoms with Crippen molar-refractivity contribution in [2.24, 2.45) is 0 Å². The van der Waals surface area contributed by atoms with Gasteiger partial charge in [0.15, 0.2) is 0 Å². The third-order valence-electron chi connectivity index (χ3n) is 2.02. The first-order chi connectivity index (χ1) is 7.22. The van der Waals surface area contributed by atoms with Crippen LogP contribution in [0, 0.1) is 21.4 Å². The summed E-state index contributed by atoms with van der Waals surface area (Å²) < 4.78 is 0. The van der Waals surface area contributed by atoms with Gasteiger partial charge in [0.2, 0.25) is 0 Å². The fraction of sp³-hybridized carbons (Fsp3) is 0. The van der Waals surface area contributed by atoms with Crippen molar-refractivity contribution >= 4 is 16.6 Å². The first kappa shape index (κ1) is 9.09. The summed E-state index contributed by atoms with van der Waals surface area (Å²) in [6.07, 6.45) is 0. The molecular weight excluding hydrogens is 194 g/mol. The van der Waals surface area contributed by atoms with E-state index in [0.717, 1.165) is 0 Å². The summed E-state index contributed by atoms with van der Waals surface area (Å²) in [4.78, 5) is 14.2. The quantitative estimate of drug-likeness (QED) is 0.519. The maximum Gasteiger partial charge on any atom is 0.278 e. The van der Waals surface area contributed by atoms with Crippen LogP contribution in [-0.4, -0.2) is 9.91 Å². The highest BCUT2D eigenvalue weighted by Gasteiger charge is 2.11. The molecule has 2 rings (SSSR count). The average Bonchev–Trinajstić information content (AvgIpc) is 2.27. The number of nitro benzene ring substituents is 1. The van der Waals surface area contributed by atoms with Gasteiger partial charge >= 0.3 is 0 Å². The van der Waals surface area contributed by atoms with Crippen molar-refractivity contribution in [3.05, 3.63) is 46.1 Å². The fourth-order valence-electron chi connectivity index (χ4n) is 1.36. The Bertz CT molecular complexity index is 587. The van der Waals surface area contributed by atoms with E-state index < -0.39 is 4.92 Å². The minimum absolute atomic E-state index is 0.00416. The van der Waals surface area contributed by atoms with E-state index in [0.29, 0.717) is 10.9 Å². The number of benzene rings is 1. The van der Waals surface area contributed by atoms with Gasteiger partial charge < -0.3 is 0 Å². The van der Waals surface area contributed by atoms with E-state index in [9.17, 15) is 10.1 Å². The molecule has 1 heterocycles. The molecule has 0 aliphatic heterocycles. The molecule has 0 spiro atoms. The number of nitro groups is 1. The number of aromatic nitrogens is 1. The van der Waals surface area contributed by atoms with Gasteiger partial charge in [0.25, 0.3) is 5.69 Å². The number of pyridine rings is 1. The van der Waals surface area contributed by atoms with Gasteiger partial charge in [0.1, 0.15) is 11.8 Å². The van der Waals surface area contributed by atoms with E-state index in [1.165, 1.54) is 12.1 Å². The van der Waals surface area contributed by atoms with Gasteiger partial charge in [-0.1, -0.05) is 6.07 Å². The smallest absolute Gasteiger partial charge is 0.258 e. The van der Waals surface area contributed by atoms with Gasteiger partial charge in [0, 0.05) is 6.07 Å². The molecule has 0 amide bonds. The summed E-state index contributed by atoms with van der Waals surface area (Å²) in [7, 11) is 0. The summed E-state index contributed by atoms with van der Waals surface area (Å²) in [6, 6.07) is 9.50. The van der Waals surface area contributed by atoms with Gasteiger partial charge in [-0.25, -0.2) is 4.98 Å². The van der Waals surface area contributed by atoms with E-state index in [1.807, 2.05) is 6.07 Å². The molecule has 15 heavy (non-hydrogen) atoms. The van der Waals surface area contributed by atoms with Gasteiger partial charge in [0.05, 0.1) is 15.8 Å². The Labute approximate surface area is 84.7 Å². The molecule has 0 fully saturated rings. The molecule has 5 nitrogen and oxygen atoms in total. The molecule has 0 atom stereocenters. The lowest BCUT2D eigenvalue weighted by Gasteiger charge is -1.98. The molecule has 0 bridgehead atoms. The standard InChI is InChI=1S/C10H5N3O2/c11-6-7-4-5-8-9(12-7)2-1-3-10(8)13(14)15/h1-5H. The first-order valence-corrected chi connectivity index (χ1v) is 4.16. The predicted octanol–water partition coefficient (Wildman–Crippen LogP) is 2.01. The Hall–Kier alpha value is -2.48. The lowest BCUT2D eigenvalue weighted by atomic mass is 10.1. The topological polar surface area (TPSA) is 79.8 Å². The second-order valence-electron chi connectivity index (χ2n) is 2.91. The minimum Gasteiger partial charge on any atom is -0.258 e. The zero-order chi connectivity index (χ0) is 10.8. The van der Waals surface area contributed by atoms with Crippen LogP contribution in [0.1, 0.15) is 5.69 Å². The van der Waals surface area contributed by atoms with E-state index in [-0.39, 0.29) is 11.4 Å². The predicted molar refractivity (Wildman–Crippen MR) is 53.1 cm³/mol. The molecule has 0 N–H and O–H groups in total. The molecular formula is C10H5N3O2. The van der Waals surface area contributed by atoms with Crippen LogP contribution in [0.5, 0.6) is 0 Å². The molecule has 0 radical (unpaired) electrons. The minimum atomic E-state index is -0.462.